The number of rotatable bonds is 5. The first-order chi connectivity index (χ1) is 11.7. The van der Waals surface area contributed by atoms with E-state index in [0.717, 1.165) is 36.4 Å². The maximum atomic E-state index is 12.1. The molecule has 0 unspecified atom stereocenters. The van der Waals surface area contributed by atoms with E-state index in [1.54, 1.807) is 0 Å². The molecule has 1 heterocycles. The molecule has 4 saturated carbocycles. The Bertz CT molecular complexity index is 463. The highest BCUT2D eigenvalue weighted by atomic mass is 32.2. The number of carbonyl (C=O) groups excluding carboxylic acids is 2. The number of hydrogen-bond donors (Lipinski definition) is 0. The first-order valence-corrected chi connectivity index (χ1v) is 10.5. The fourth-order valence-electron chi connectivity index (χ4n) is 5.38. The van der Waals surface area contributed by atoms with Crippen LogP contribution in [0.25, 0.3) is 0 Å². The molecule has 4 aliphatic carbocycles. The van der Waals surface area contributed by atoms with Crippen molar-refractivity contribution in [3.8, 4) is 0 Å². The van der Waals surface area contributed by atoms with E-state index < -0.39 is 0 Å². The van der Waals surface area contributed by atoms with E-state index in [1.165, 1.54) is 32.1 Å². The molecule has 4 bridgehead atoms. The van der Waals surface area contributed by atoms with Gasteiger partial charge in [-0.3, -0.25) is 9.69 Å². The summed E-state index contributed by atoms with van der Waals surface area (Å²) >= 11 is 1.91. The van der Waals surface area contributed by atoms with Crippen molar-refractivity contribution in [1.29, 1.82) is 0 Å². The zero-order chi connectivity index (χ0) is 16.5. The van der Waals surface area contributed by atoms with Crippen LogP contribution in [0, 0.1) is 23.7 Å². The fourth-order valence-corrected chi connectivity index (χ4v) is 6.36. The SMILES string of the molecule is O=C(CN1CCSCC1)OCC(=O)OC1C2CC3CC(C2)CC1C3. The van der Waals surface area contributed by atoms with E-state index in [2.05, 4.69) is 4.90 Å². The van der Waals surface area contributed by atoms with Crippen molar-refractivity contribution in [1.82, 2.24) is 4.90 Å². The Morgan fingerprint density at radius 1 is 0.917 bits per heavy atom. The highest BCUT2D eigenvalue weighted by molar-refractivity contribution is 7.99. The van der Waals surface area contributed by atoms with Gasteiger partial charge in [-0.15, -0.1) is 0 Å². The third-order valence-electron chi connectivity index (χ3n) is 6.22. The van der Waals surface area contributed by atoms with Crippen molar-refractivity contribution < 1.29 is 19.1 Å². The zero-order valence-electron chi connectivity index (χ0n) is 14.2. The summed E-state index contributed by atoms with van der Waals surface area (Å²) in [4.78, 5) is 26.1. The lowest BCUT2D eigenvalue weighted by molar-refractivity contribution is -0.178. The van der Waals surface area contributed by atoms with Gasteiger partial charge >= 0.3 is 11.9 Å². The largest absolute Gasteiger partial charge is 0.459 e. The molecule has 0 aromatic carbocycles. The Morgan fingerprint density at radius 2 is 1.54 bits per heavy atom. The van der Waals surface area contributed by atoms with Crippen molar-refractivity contribution >= 4 is 23.7 Å². The first-order valence-electron chi connectivity index (χ1n) is 9.32. The quantitative estimate of drug-likeness (QED) is 0.704. The third kappa shape index (κ3) is 3.74. The molecule has 0 N–H and O–H groups in total. The van der Waals surface area contributed by atoms with Crippen molar-refractivity contribution in [2.45, 2.75) is 38.2 Å². The van der Waals surface area contributed by atoms with E-state index in [1.807, 2.05) is 11.8 Å². The van der Waals surface area contributed by atoms with Crippen LogP contribution < -0.4 is 0 Å². The molecule has 1 saturated heterocycles. The fraction of sp³-hybridized carbons (Fsp3) is 0.889. The smallest absolute Gasteiger partial charge is 0.344 e. The van der Waals surface area contributed by atoms with Crippen LogP contribution in [0.3, 0.4) is 0 Å². The summed E-state index contributed by atoms with van der Waals surface area (Å²) in [7, 11) is 0. The predicted molar refractivity (Wildman–Crippen MR) is 91.6 cm³/mol. The van der Waals surface area contributed by atoms with Crippen LogP contribution in [-0.2, 0) is 19.1 Å². The molecule has 5 nitrogen and oxygen atoms in total. The second kappa shape index (κ2) is 7.24. The Kier molecular flexibility index (Phi) is 5.04. The molecular formula is C18H27NO4S. The van der Waals surface area contributed by atoms with Crippen molar-refractivity contribution in [2.24, 2.45) is 23.7 Å². The summed E-state index contributed by atoms with van der Waals surface area (Å²) in [6, 6.07) is 0. The van der Waals surface area contributed by atoms with Gasteiger partial charge in [0.2, 0.25) is 0 Å². The van der Waals surface area contributed by atoms with E-state index in [4.69, 9.17) is 9.47 Å². The van der Waals surface area contributed by atoms with Crippen LogP contribution >= 0.6 is 11.8 Å². The molecule has 24 heavy (non-hydrogen) atoms. The maximum Gasteiger partial charge on any atom is 0.344 e. The number of hydrogen-bond acceptors (Lipinski definition) is 6. The maximum absolute atomic E-state index is 12.1. The minimum atomic E-state index is -0.366. The molecule has 0 atom stereocenters. The molecule has 0 spiro atoms. The molecule has 5 rings (SSSR count). The molecule has 134 valence electrons. The van der Waals surface area contributed by atoms with Crippen LogP contribution in [0.1, 0.15) is 32.1 Å². The lowest BCUT2D eigenvalue weighted by Crippen LogP contribution is -2.50. The van der Waals surface area contributed by atoms with Crippen molar-refractivity contribution in [3.63, 3.8) is 0 Å². The summed E-state index contributed by atoms with van der Waals surface area (Å²) in [5.41, 5.74) is 0. The molecule has 5 fully saturated rings. The number of carbonyl (C=O) groups is 2. The van der Waals surface area contributed by atoms with E-state index in [-0.39, 0.29) is 31.2 Å². The first kappa shape index (κ1) is 16.7. The zero-order valence-corrected chi connectivity index (χ0v) is 15.0. The lowest BCUT2D eigenvalue weighted by Gasteiger charge is -2.53. The average Bonchev–Trinajstić information content (AvgIpc) is 2.56. The van der Waals surface area contributed by atoms with Crippen LogP contribution in [0.5, 0.6) is 0 Å². The number of ether oxygens (including phenoxy) is 2. The molecule has 5 aliphatic rings. The van der Waals surface area contributed by atoms with Gasteiger partial charge < -0.3 is 9.47 Å². The summed E-state index contributed by atoms with van der Waals surface area (Å²) in [6.07, 6.45) is 6.34. The Morgan fingerprint density at radius 3 is 2.17 bits per heavy atom. The minimum Gasteiger partial charge on any atom is -0.459 e. The van der Waals surface area contributed by atoms with Gasteiger partial charge in [0.1, 0.15) is 6.10 Å². The standard InChI is InChI=1S/C18H27NO4S/c20-16(10-19-1-3-24-4-2-19)22-11-17(21)23-18-14-6-12-5-13(8-14)9-15(18)7-12/h12-15,18H,1-11H2. The third-order valence-corrected chi connectivity index (χ3v) is 7.16. The van der Waals surface area contributed by atoms with Gasteiger partial charge in [0.25, 0.3) is 0 Å². The van der Waals surface area contributed by atoms with E-state index in [0.29, 0.717) is 11.8 Å². The molecule has 0 amide bonds. The summed E-state index contributed by atoms with van der Waals surface area (Å²) < 4.78 is 10.9. The lowest BCUT2D eigenvalue weighted by atomic mass is 9.55. The molecule has 0 aromatic heterocycles. The second-order valence-electron chi connectivity index (χ2n) is 7.93. The van der Waals surface area contributed by atoms with Gasteiger partial charge in [-0.25, -0.2) is 4.79 Å². The predicted octanol–water partition coefficient (Wildman–Crippen LogP) is 1.95. The van der Waals surface area contributed by atoms with Crippen LogP contribution in [0.4, 0.5) is 0 Å². The molecule has 6 heteroatoms. The van der Waals surface area contributed by atoms with Gasteiger partial charge in [-0.05, 0) is 55.8 Å². The highest BCUT2D eigenvalue weighted by Gasteiger charge is 2.49. The molecule has 0 aromatic rings. The van der Waals surface area contributed by atoms with Gasteiger partial charge in [-0.2, -0.15) is 11.8 Å². The minimum absolute atomic E-state index is 0.0723. The van der Waals surface area contributed by atoms with Crippen LogP contribution in [-0.4, -0.2) is 60.7 Å². The number of esters is 2. The summed E-state index contributed by atoms with van der Waals surface area (Å²) in [6.45, 7) is 1.88. The Labute approximate surface area is 147 Å². The van der Waals surface area contributed by atoms with Gasteiger partial charge in [0.05, 0.1) is 6.54 Å². The second-order valence-corrected chi connectivity index (χ2v) is 9.16. The summed E-state index contributed by atoms with van der Waals surface area (Å²) in [5.74, 6) is 4.26. The van der Waals surface area contributed by atoms with Gasteiger partial charge in [0, 0.05) is 24.6 Å². The van der Waals surface area contributed by atoms with E-state index >= 15 is 0 Å². The van der Waals surface area contributed by atoms with Gasteiger partial charge in [-0.1, -0.05) is 0 Å². The average molecular weight is 353 g/mol. The molecule has 0 radical (unpaired) electrons. The van der Waals surface area contributed by atoms with Crippen LogP contribution in [0.2, 0.25) is 0 Å². The Balaban J connectivity index is 1.20. The number of nitrogens with zero attached hydrogens (tertiary/aromatic N) is 1. The van der Waals surface area contributed by atoms with Gasteiger partial charge in [0.15, 0.2) is 6.61 Å². The summed E-state index contributed by atoms with van der Waals surface area (Å²) in [5, 5.41) is 0. The van der Waals surface area contributed by atoms with E-state index in [9.17, 15) is 9.59 Å². The normalized spacial score (nSPS) is 38.1. The van der Waals surface area contributed by atoms with Crippen molar-refractivity contribution in [2.75, 3.05) is 37.7 Å². The van der Waals surface area contributed by atoms with Crippen LogP contribution in [0.15, 0.2) is 0 Å². The molecule has 1 aliphatic heterocycles. The highest BCUT2D eigenvalue weighted by Crippen LogP contribution is 2.54. The van der Waals surface area contributed by atoms with Crippen molar-refractivity contribution in [3.05, 3.63) is 0 Å². The monoisotopic (exact) mass is 353 g/mol. The molecular weight excluding hydrogens is 326 g/mol. The topological polar surface area (TPSA) is 55.8 Å². The number of thioether (sulfide) groups is 1. The Hall–Kier alpha value is -0.750.